The number of rotatable bonds is 4. The molecular formula is C11H13N5O2. The van der Waals surface area contributed by atoms with Crippen LogP contribution in [0.1, 0.15) is 19.0 Å². The summed E-state index contributed by atoms with van der Waals surface area (Å²) in [5, 5.41) is 18.5. The van der Waals surface area contributed by atoms with Crippen molar-refractivity contribution in [3.63, 3.8) is 0 Å². The molecule has 0 radical (unpaired) electrons. The van der Waals surface area contributed by atoms with Gasteiger partial charge in [-0.3, -0.25) is 10.1 Å². The van der Waals surface area contributed by atoms with E-state index in [0.717, 1.165) is 18.5 Å². The summed E-state index contributed by atoms with van der Waals surface area (Å²) in [5.74, 6) is 0.364. The van der Waals surface area contributed by atoms with Gasteiger partial charge in [0.1, 0.15) is 0 Å². The molecule has 0 unspecified atom stereocenters. The third kappa shape index (κ3) is 2.15. The average Bonchev–Trinajstić information content (AvgIpc) is 2.72. The van der Waals surface area contributed by atoms with Crippen LogP contribution < -0.4 is 5.73 Å². The number of nitrogens with zero attached hydrogens (tertiary/aromatic N) is 4. The van der Waals surface area contributed by atoms with E-state index in [1.165, 1.54) is 12.1 Å². The van der Waals surface area contributed by atoms with Crippen LogP contribution in [0.15, 0.2) is 24.3 Å². The number of hydrogen-bond donors (Lipinski definition) is 1. The van der Waals surface area contributed by atoms with Crippen LogP contribution in [0.3, 0.4) is 0 Å². The van der Waals surface area contributed by atoms with Crippen LogP contribution in [0.2, 0.25) is 0 Å². The van der Waals surface area contributed by atoms with Crippen molar-refractivity contribution in [1.29, 1.82) is 0 Å². The number of non-ortho nitro benzene ring substituents is 1. The van der Waals surface area contributed by atoms with E-state index < -0.39 is 4.92 Å². The predicted molar refractivity (Wildman–Crippen MR) is 66.4 cm³/mol. The zero-order chi connectivity index (χ0) is 13.1. The molecule has 7 heteroatoms. The molecule has 0 aliphatic carbocycles. The maximum Gasteiger partial charge on any atom is 0.271 e. The Kier molecular flexibility index (Phi) is 3.22. The number of hydrogen-bond acceptors (Lipinski definition) is 5. The first-order valence-electron chi connectivity index (χ1n) is 5.58. The lowest BCUT2D eigenvalue weighted by molar-refractivity contribution is -0.384. The molecule has 2 N–H and O–H groups in total. The van der Waals surface area contributed by atoms with E-state index in [1.807, 2.05) is 6.92 Å². The molecule has 0 amide bonds. The van der Waals surface area contributed by atoms with Crippen LogP contribution in [0, 0.1) is 10.1 Å². The van der Waals surface area contributed by atoms with Crippen molar-refractivity contribution < 1.29 is 4.92 Å². The summed E-state index contributed by atoms with van der Waals surface area (Å²) in [4.78, 5) is 10.3. The first-order chi connectivity index (χ1) is 8.63. The fourth-order valence-electron chi connectivity index (χ4n) is 1.73. The lowest BCUT2D eigenvalue weighted by Gasteiger charge is -2.05. The van der Waals surface area contributed by atoms with E-state index >= 15 is 0 Å². The molecule has 0 saturated carbocycles. The molecule has 0 saturated heterocycles. The number of nitro benzene ring substituents is 1. The first-order valence-corrected chi connectivity index (χ1v) is 5.58. The molecule has 0 atom stereocenters. The molecule has 0 spiro atoms. The van der Waals surface area contributed by atoms with Gasteiger partial charge >= 0.3 is 0 Å². The Morgan fingerprint density at radius 1 is 1.50 bits per heavy atom. The molecule has 18 heavy (non-hydrogen) atoms. The Hall–Kier alpha value is -2.44. The van der Waals surface area contributed by atoms with Crippen LogP contribution in [-0.4, -0.2) is 19.9 Å². The van der Waals surface area contributed by atoms with Gasteiger partial charge in [0.2, 0.25) is 0 Å². The summed E-state index contributed by atoms with van der Waals surface area (Å²) in [5.41, 5.74) is 7.12. The first kappa shape index (κ1) is 12.0. The lowest BCUT2D eigenvalue weighted by Crippen LogP contribution is -2.04. The molecule has 0 aliphatic rings. The highest BCUT2D eigenvalue weighted by atomic mass is 16.6. The van der Waals surface area contributed by atoms with Gasteiger partial charge in [-0.2, -0.15) is 0 Å². The fourth-order valence-corrected chi connectivity index (χ4v) is 1.73. The molecule has 2 rings (SSSR count). The van der Waals surface area contributed by atoms with Crippen molar-refractivity contribution in [3.05, 3.63) is 40.1 Å². The Labute approximate surface area is 103 Å². The standard InChI is InChI=1S/C11H13N5O2/c1-2-4-10-11(12)13-14-15(10)8-5-3-6-9(7-8)16(17)18/h3,5-7H,2,4,12H2,1H3. The Balaban J connectivity index is 2.48. The summed E-state index contributed by atoms with van der Waals surface area (Å²) < 4.78 is 1.55. The van der Waals surface area contributed by atoms with Gasteiger partial charge in [0.15, 0.2) is 5.82 Å². The second-order valence-electron chi connectivity index (χ2n) is 3.86. The van der Waals surface area contributed by atoms with E-state index in [-0.39, 0.29) is 5.69 Å². The molecule has 1 heterocycles. The van der Waals surface area contributed by atoms with Gasteiger partial charge in [-0.1, -0.05) is 24.6 Å². The number of nitrogens with two attached hydrogens (primary N) is 1. The van der Waals surface area contributed by atoms with Gasteiger partial charge in [-0.15, -0.1) is 5.10 Å². The number of nitro groups is 1. The van der Waals surface area contributed by atoms with Crippen LogP contribution in [-0.2, 0) is 6.42 Å². The highest BCUT2D eigenvalue weighted by Gasteiger charge is 2.13. The predicted octanol–water partition coefficient (Wildman–Crippen LogP) is 1.71. The maximum absolute atomic E-state index is 10.7. The molecular weight excluding hydrogens is 234 g/mol. The van der Waals surface area contributed by atoms with Gasteiger partial charge in [0.05, 0.1) is 16.3 Å². The number of aromatic nitrogens is 3. The quantitative estimate of drug-likeness (QED) is 0.654. The van der Waals surface area contributed by atoms with Crippen molar-refractivity contribution in [2.24, 2.45) is 0 Å². The fraction of sp³-hybridized carbons (Fsp3) is 0.273. The van der Waals surface area contributed by atoms with E-state index in [0.29, 0.717) is 11.5 Å². The number of benzene rings is 1. The van der Waals surface area contributed by atoms with Crippen molar-refractivity contribution >= 4 is 11.5 Å². The monoisotopic (exact) mass is 247 g/mol. The van der Waals surface area contributed by atoms with Gasteiger partial charge in [0.25, 0.3) is 5.69 Å². The van der Waals surface area contributed by atoms with Crippen LogP contribution >= 0.6 is 0 Å². The average molecular weight is 247 g/mol. The third-order valence-corrected chi connectivity index (χ3v) is 2.57. The highest BCUT2D eigenvalue weighted by molar-refractivity contribution is 5.46. The second kappa shape index (κ2) is 4.82. The topological polar surface area (TPSA) is 99.9 Å². The maximum atomic E-state index is 10.7. The van der Waals surface area contributed by atoms with E-state index in [1.54, 1.807) is 16.8 Å². The van der Waals surface area contributed by atoms with Crippen molar-refractivity contribution in [2.45, 2.75) is 19.8 Å². The smallest absolute Gasteiger partial charge is 0.271 e. The Bertz CT molecular complexity index is 579. The van der Waals surface area contributed by atoms with Crippen molar-refractivity contribution in [1.82, 2.24) is 15.0 Å². The highest BCUT2D eigenvalue weighted by Crippen LogP contribution is 2.20. The summed E-state index contributed by atoms with van der Waals surface area (Å²) in [7, 11) is 0. The molecule has 0 aliphatic heterocycles. The SMILES string of the molecule is CCCc1c(N)nnn1-c1cccc([N+](=O)[O-])c1. The minimum atomic E-state index is -0.441. The molecule has 1 aromatic carbocycles. The van der Waals surface area contributed by atoms with Gasteiger partial charge in [-0.25, -0.2) is 4.68 Å². The zero-order valence-corrected chi connectivity index (χ0v) is 9.91. The number of anilines is 1. The molecule has 94 valence electrons. The minimum Gasteiger partial charge on any atom is -0.381 e. The largest absolute Gasteiger partial charge is 0.381 e. The molecule has 2 aromatic rings. The zero-order valence-electron chi connectivity index (χ0n) is 9.91. The van der Waals surface area contributed by atoms with Gasteiger partial charge < -0.3 is 5.73 Å². The van der Waals surface area contributed by atoms with Crippen LogP contribution in [0.4, 0.5) is 11.5 Å². The molecule has 0 bridgehead atoms. The lowest BCUT2D eigenvalue weighted by atomic mass is 10.2. The normalized spacial score (nSPS) is 10.5. The van der Waals surface area contributed by atoms with Crippen molar-refractivity contribution in [3.8, 4) is 5.69 Å². The Morgan fingerprint density at radius 3 is 2.94 bits per heavy atom. The summed E-state index contributed by atoms with van der Waals surface area (Å²) >= 11 is 0. The third-order valence-electron chi connectivity index (χ3n) is 2.57. The molecule has 7 nitrogen and oxygen atoms in total. The van der Waals surface area contributed by atoms with Crippen LogP contribution in [0.25, 0.3) is 5.69 Å². The summed E-state index contributed by atoms with van der Waals surface area (Å²) in [6, 6.07) is 6.23. The van der Waals surface area contributed by atoms with Gasteiger partial charge in [-0.05, 0) is 12.5 Å². The van der Waals surface area contributed by atoms with Crippen LogP contribution in [0.5, 0.6) is 0 Å². The van der Waals surface area contributed by atoms with Crippen molar-refractivity contribution in [2.75, 3.05) is 5.73 Å². The second-order valence-corrected chi connectivity index (χ2v) is 3.86. The Morgan fingerprint density at radius 2 is 2.28 bits per heavy atom. The molecule has 0 fully saturated rings. The summed E-state index contributed by atoms with van der Waals surface area (Å²) in [6.07, 6.45) is 1.62. The number of nitrogen functional groups attached to an aromatic ring is 1. The molecule has 1 aromatic heterocycles. The van der Waals surface area contributed by atoms with Gasteiger partial charge in [0, 0.05) is 12.1 Å². The van der Waals surface area contributed by atoms with E-state index in [4.69, 9.17) is 5.73 Å². The minimum absolute atomic E-state index is 0.0176. The van der Waals surface area contributed by atoms with E-state index in [2.05, 4.69) is 10.3 Å². The summed E-state index contributed by atoms with van der Waals surface area (Å²) in [6.45, 7) is 2.02. The van der Waals surface area contributed by atoms with E-state index in [9.17, 15) is 10.1 Å².